The Kier molecular flexibility index (Phi) is 9.30. The van der Waals surface area contributed by atoms with Crippen LogP contribution in [0.15, 0.2) is 46.7 Å². The topological polar surface area (TPSA) is 115 Å². The minimum absolute atomic E-state index is 0.0591. The Morgan fingerprint density at radius 3 is 2.61 bits per heavy atom. The van der Waals surface area contributed by atoms with E-state index < -0.39 is 5.60 Å². The van der Waals surface area contributed by atoms with Gasteiger partial charge in [0.1, 0.15) is 21.7 Å². The van der Waals surface area contributed by atoms with E-state index in [0.29, 0.717) is 53.0 Å². The van der Waals surface area contributed by atoms with Crippen LogP contribution in [-0.4, -0.2) is 49.1 Å². The van der Waals surface area contributed by atoms with Crippen LogP contribution >= 0.6 is 63.7 Å². The molecule has 1 atom stereocenters. The number of rotatable bonds is 9. The summed E-state index contributed by atoms with van der Waals surface area (Å²) in [5, 5.41) is 17.4. The zero-order valence-corrected chi connectivity index (χ0v) is 24.1. The highest BCUT2D eigenvalue weighted by atomic mass is 79.9. The average Bonchev–Trinajstić information content (AvgIpc) is 3.19. The molecule has 0 radical (unpaired) electrons. The molecule has 12 heteroatoms. The van der Waals surface area contributed by atoms with Crippen LogP contribution < -0.4 is 15.8 Å². The van der Waals surface area contributed by atoms with Gasteiger partial charge >= 0.3 is 0 Å². The third-order valence-corrected chi connectivity index (χ3v) is 7.67. The van der Waals surface area contributed by atoms with Gasteiger partial charge in [-0.25, -0.2) is 0 Å². The van der Waals surface area contributed by atoms with Gasteiger partial charge in [0.2, 0.25) is 5.60 Å². The fraction of sp³-hybridized carbons (Fsp3) is 0.429. The maximum absolute atomic E-state index is 12.6. The molecule has 1 aromatic carbocycles. The van der Waals surface area contributed by atoms with Crippen molar-refractivity contribution in [3.05, 3.63) is 47.1 Å². The van der Waals surface area contributed by atoms with Crippen LogP contribution in [0.5, 0.6) is 5.75 Å². The molecule has 1 aliphatic carbocycles. The van der Waals surface area contributed by atoms with Crippen molar-refractivity contribution in [2.75, 3.05) is 26.8 Å². The van der Waals surface area contributed by atoms with Gasteiger partial charge in [-0.15, -0.1) is 0 Å². The summed E-state index contributed by atoms with van der Waals surface area (Å²) in [7, 11) is 1.51. The molecule has 2 aliphatic rings. The lowest BCUT2D eigenvalue weighted by molar-refractivity contribution is -0.114. The van der Waals surface area contributed by atoms with Crippen molar-refractivity contribution in [1.29, 1.82) is 0 Å². The Balaban J connectivity index is 1.48. The highest BCUT2D eigenvalue weighted by molar-refractivity contribution is 9.12. The smallest absolute Gasteiger partial charge is 0.269 e. The number of aliphatic hydroxyl groups excluding tert-OH is 1. The number of nitrogens with zero attached hydrogens (tertiary/aromatic N) is 1. The van der Waals surface area contributed by atoms with E-state index in [4.69, 9.17) is 20.0 Å². The third-order valence-electron chi connectivity index (χ3n) is 5.12. The number of methoxy groups -OCH3 is 1. The Morgan fingerprint density at radius 2 is 1.97 bits per heavy atom. The van der Waals surface area contributed by atoms with Crippen molar-refractivity contribution in [1.82, 2.24) is 5.32 Å². The van der Waals surface area contributed by atoms with Crippen molar-refractivity contribution in [2.45, 2.75) is 31.3 Å². The maximum atomic E-state index is 12.6. The van der Waals surface area contributed by atoms with Gasteiger partial charge in [0, 0.05) is 23.9 Å². The van der Waals surface area contributed by atoms with Gasteiger partial charge < -0.3 is 30.5 Å². The second-order valence-corrected chi connectivity index (χ2v) is 10.9. The Hall–Kier alpha value is -1.08. The highest BCUT2D eigenvalue weighted by Crippen LogP contribution is 2.47. The van der Waals surface area contributed by atoms with E-state index in [2.05, 4.69) is 74.2 Å². The van der Waals surface area contributed by atoms with Gasteiger partial charge in [-0.2, -0.15) is 0 Å². The first-order valence-electron chi connectivity index (χ1n) is 10.1. The number of benzene rings is 1. The molecule has 1 aromatic rings. The summed E-state index contributed by atoms with van der Waals surface area (Å²) >= 11 is 13.8. The number of hydrogen-bond acceptors (Lipinski definition) is 7. The summed E-state index contributed by atoms with van der Waals surface area (Å²) < 4.78 is 13.9. The van der Waals surface area contributed by atoms with Crippen molar-refractivity contribution >= 4 is 75.3 Å². The summed E-state index contributed by atoms with van der Waals surface area (Å²) in [6.07, 6.45) is 1.80. The van der Waals surface area contributed by atoms with Gasteiger partial charge in [-0.05, 0) is 84.9 Å². The molecule has 0 saturated carbocycles. The second-order valence-electron chi connectivity index (χ2n) is 7.46. The summed E-state index contributed by atoms with van der Waals surface area (Å²) in [6.45, 7) is 1.38. The van der Waals surface area contributed by atoms with Crippen LogP contribution in [0.1, 0.15) is 24.8 Å². The van der Waals surface area contributed by atoms with Crippen LogP contribution in [-0.2, 0) is 20.8 Å². The molecule has 3 rings (SSSR count). The number of oxime groups is 1. The lowest BCUT2D eigenvalue weighted by Gasteiger charge is -2.31. The van der Waals surface area contributed by atoms with Crippen molar-refractivity contribution in [2.24, 2.45) is 10.9 Å². The van der Waals surface area contributed by atoms with Gasteiger partial charge in [0.05, 0.1) is 22.7 Å². The molecule has 1 amide bonds. The van der Waals surface area contributed by atoms with Gasteiger partial charge in [0.25, 0.3) is 5.91 Å². The number of allylic oxidation sites excluding steroid dienone is 1. The third kappa shape index (κ3) is 5.95. The van der Waals surface area contributed by atoms with E-state index in [1.54, 1.807) is 0 Å². The maximum Gasteiger partial charge on any atom is 0.269 e. The fourth-order valence-electron chi connectivity index (χ4n) is 3.47. The van der Waals surface area contributed by atoms with Crippen LogP contribution in [0.3, 0.4) is 0 Å². The summed E-state index contributed by atoms with van der Waals surface area (Å²) in [6, 6.07) is 3.97. The van der Waals surface area contributed by atoms with E-state index in [0.717, 1.165) is 20.9 Å². The minimum Gasteiger partial charge on any atom is -0.507 e. The normalized spacial score (nSPS) is 20.1. The average molecular weight is 717 g/mol. The van der Waals surface area contributed by atoms with Crippen LogP contribution in [0.2, 0.25) is 0 Å². The van der Waals surface area contributed by atoms with Crippen molar-refractivity contribution < 1.29 is 24.2 Å². The monoisotopic (exact) mass is 713 g/mol. The van der Waals surface area contributed by atoms with E-state index in [9.17, 15) is 9.90 Å². The molecule has 1 aliphatic heterocycles. The molecule has 180 valence electrons. The number of amides is 1. The number of nitrogens with one attached hydrogen (secondary N) is 1. The number of halogens is 4. The number of carbonyl (C=O) groups is 1. The lowest BCUT2D eigenvalue weighted by Crippen LogP contribution is -2.38. The first-order valence-corrected chi connectivity index (χ1v) is 13.3. The predicted octanol–water partition coefficient (Wildman–Crippen LogP) is 4.93. The molecule has 1 heterocycles. The number of aliphatic hydroxyl groups is 1. The zero-order chi connectivity index (χ0) is 24.2. The van der Waals surface area contributed by atoms with E-state index >= 15 is 0 Å². The Morgan fingerprint density at radius 1 is 1.27 bits per heavy atom. The summed E-state index contributed by atoms with van der Waals surface area (Å²) in [4.78, 5) is 18.1. The van der Waals surface area contributed by atoms with E-state index in [1.165, 1.54) is 7.11 Å². The SMILES string of the molecule is COC1=C(Br)CC2(CC(C(=O)NCCCOc3c(Br)cc(CCN)cc3Br)=NO2)C(O)=C1Br. The molecule has 8 nitrogen and oxygen atoms in total. The molecule has 33 heavy (non-hydrogen) atoms. The fourth-order valence-corrected chi connectivity index (χ4v) is 6.83. The van der Waals surface area contributed by atoms with Crippen LogP contribution in [0.4, 0.5) is 0 Å². The molecule has 0 bridgehead atoms. The predicted molar refractivity (Wildman–Crippen MR) is 140 cm³/mol. The van der Waals surface area contributed by atoms with E-state index in [1.807, 2.05) is 12.1 Å². The lowest BCUT2D eigenvalue weighted by atomic mass is 9.87. The first-order chi connectivity index (χ1) is 15.7. The molecular weight excluding hydrogens is 694 g/mol. The quantitative estimate of drug-likeness (QED) is 0.313. The Bertz CT molecular complexity index is 1000. The largest absolute Gasteiger partial charge is 0.507 e. The Labute approximate surface area is 225 Å². The number of hydrogen-bond donors (Lipinski definition) is 3. The molecule has 1 spiro atoms. The standard InChI is InChI=1S/C21H23Br4N3O5/c1-31-18-14(24)9-21(19(29)16(18)25)10-15(28-33-21)20(30)27-5-2-6-32-17-12(22)7-11(3-4-26)8-13(17)23/h7-8,29H,2-6,9-10,26H2,1H3,(H,27,30). The van der Waals surface area contributed by atoms with Crippen LogP contribution in [0.25, 0.3) is 0 Å². The van der Waals surface area contributed by atoms with E-state index in [-0.39, 0.29) is 23.8 Å². The number of carbonyl (C=O) groups excluding carboxylic acids is 1. The first kappa shape index (κ1) is 26.5. The minimum atomic E-state index is -1.13. The van der Waals surface area contributed by atoms with Crippen molar-refractivity contribution in [3.63, 3.8) is 0 Å². The molecule has 0 aromatic heterocycles. The molecule has 0 fully saturated rings. The molecule has 4 N–H and O–H groups in total. The van der Waals surface area contributed by atoms with Gasteiger partial charge in [-0.3, -0.25) is 4.79 Å². The number of nitrogens with two attached hydrogens (primary N) is 1. The number of ether oxygens (including phenoxy) is 2. The highest BCUT2D eigenvalue weighted by Gasteiger charge is 2.50. The summed E-state index contributed by atoms with van der Waals surface area (Å²) in [5.41, 5.74) is 5.80. The second kappa shape index (κ2) is 11.6. The van der Waals surface area contributed by atoms with Crippen molar-refractivity contribution in [3.8, 4) is 5.75 Å². The van der Waals surface area contributed by atoms with Gasteiger partial charge in [-0.1, -0.05) is 21.1 Å². The summed E-state index contributed by atoms with van der Waals surface area (Å²) in [5.74, 6) is 0.779. The molecular formula is C21H23Br4N3O5. The molecule has 1 unspecified atom stereocenters. The molecule has 0 saturated heterocycles. The van der Waals surface area contributed by atoms with Gasteiger partial charge in [0.15, 0.2) is 5.76 Å². The van der Waals surface area contributed by atoms with Crippen LogP contribution in [0, 0.1) is 0 Å². The zero-order valence-electron chi connectivity index (χ0n) is 17.7.